The van der Waals surface area contributed by atoms with Gasteiger partial charge in [-0.15, -0.1) is 0 Å². The van der Waals surface area contributed by atoms with E-state index in [0.717, 1.165) is 18.2 Å². The Labute approximate surface area is 148 Å². The summed E-state index contributed by atoms with van der Waals surface area (Å²) in [5, 5.41) is 8.67. The number of nitrogens with zero attached hydrogens (tertiary/aromatic N) is 1. The van der Waals surface area contributed by atoms with Crippen molar-refractivity contribution < 1.29 is 27.4 Å². The van der Waals surface area contributed by atoms with Crippen LogP contribution in [0.4, 0.5) is 13.2 Å². The summed E-state index contributed by atoms with van der Waals surface area (Å²) in [6.07, 6.45) is 1.60. The maximum atomic E-state index is 14.5. The quantitative estimate of drug-likeness (QED) is 0.421. The van der Waals surface area contributed by atoms with Crippen molar-refractivity contribution in [1.29, 1.82) is 5.26 Å². The smallest absolute Gasteiger partial charge is 0.349 e. The zero-order valence-electron chi connectivity index (χ0n) is 14.0. The molecule has 0 heterocycles. The van der Waals surface area contributed by atoms with Crippen LogP contribution in [0.1, 0.15) is 34.3 Å². The summed E-state index contributed by atoms with van der Waals surface area (Å²) in [4.78, 5) is 12.1. The van der Waals surface area contributed by atoms with Crippen LogP contribution in [0.2, 0.25) is 0 Å². The van der Waals surface area contributed by atoms with Gasteiger partial charge in [0.15, 0.2) is 0 Å². The predicted octanol–water partition coefficient (Wildman–Crippen LogP) is 4.16. The first-order chi connectivity index (χ1) is 12.5. The Hall–Kier alpha value is -2.85. The molecule has 0 aromatic heterocycles. The van der Waals surface area contributed by atoms with Crippen molar-refractivity contribution in [3.05, 3.63) is 64.5 Å². The van der Waals surface area contributed by atoms with E-state index in [1.165, 1.54) is 12.1 Å². The number of esters is 1. The number of nitriles is 1. The predicted molar refractivity (Wildman–Crippen MR) is 87.2 cm³/mol. The number of hydrogen-bond acceptors (Lipinski definition) is 4. The molecule has 0 unspecified atom stereocenters. The molecule has 4 nitrogen and oxygen atoms in total. The van der Waals surface area contributed by atoms with Crippen molar-refractivity contribution in [3.63, 3.8) is 0 Å². The second-order valence-electron chi connectivity index (χ2n) is 5.49. The average molecular weight is 363 g/mol. The second kappa shape index (κ2) is 9.02. The van der Waals surface area contributed by atoms with E-state index in [9.17, 15) is 18.0 Å². The molecule has 2 aromatic rings. The van der Waals surface area contributed by atoms with E-state index < -0.39 is 29.0 Å². The van der Waals surface area contributed by atoms with Crippen LogP contribution in [0.25, 0.3) is 0 Å². The topological polar surface area (TPSA) is 59.3 Å². The number of benzene rings is 2. The molecule has 0 aliphatic heterocycles. The third-order valence-corrected chi connectivity index (χ3v) is 3.69. The molecule has 0 bridgehead atoms. The molecule has 0 amide bonds. The van der Waals surface area contributed by atoms with E-state index in [0.29, 0.717) is 25.9 Å². The number of aryl methyl sites for hydroxylation is 1. The first-order valence-corrected chi connectivity index (χ1v) is 7.85. The summed E-state index contributed by atoms with van der Waals surface area (Å²) in [6.45, 7) is 0.516. The minimum atomic E-state index is -1.28. The average Bonchev–Trinajstić information content (AvgIpc) is 2.60. The van der Waals surface area contributed by atoms with Crippen LogP contribution < -0.4 is 4.74 Å². The summed E-state index contributed by atoms with van der Waals surface area (Å²) in [5.41, 5.74) is -0.889. The highest BCUT2D eigenvalue weighted by atomic mass is 19.1. The van der Waals surface area contributed by atoms with E-state index in [1.54, 1.807) is 13.2 Å². The standard InChI is InChI=1S/C19H16F3NO3/c1-25-9-3-2-4-12-6-8-15(20)17(18(12)22)19(24)26-14-7-5-13(11-23)16(21)10-14/h5-8,10H,2-4,9H2,1H3. The van der Waals surface area contributed by atoms with E-state index in [2.05, 4.69) is 0 Å². The highest BCUT2D eigenvalue weighted by Gasteiger charge is 2.22. The van der Waals surface area contributed by atoms with Crippen molar-refractivity contribution in [2.24, 2.45) is 0 Å². The third-order valence-electron chi connectivity index (χ3n) is 3.69. The zero-order valence-corrected chi connectivity index (χ0v) is 14.0. The number of carbonyl (C=O) groups is 1. The molecular weight excluding hydrogens is 347 g/mol. The lowest BCUT2D eigenvalue weighted by Crippen LogP contribution is -2.15. The minimum Gasteiger partial charge on any atom is -0.423 e. The van der Waals surface area contributed by atoms with E-state index in [-0.39, 0.29) is 16.9 Å². The van der Waals surface area contributed by atoms with Crippen molar-refractivity contribution in [2.45, 2.75) is 19.3 Å². The molecule has 7 heteroatoms. The van der Waals surface area contributed by atoms with E-state index >= 15 is 0 Å². The molecular formula is C19H16F3NO3. The largest absolute Gasteiger partial charge is 0.423 e. The lowest BCUT2D eigenvalue weighted by Gasteiger charge is -2.10. The van der Waals surface area contributed by atoms with Gasteiger partial charge in [-0.05, 0) is 43.0 Å². The van der Waals surface area contributed by atoms with Crippen LogP contribution in [0.15, 0.2) is 30.3 Å². The highest BCUT2D eigenvalue weighted by molar-refractivity contribution is 5.92. The molecule has 2 aromatic carbocycles. The summed E-state index contributed by atoms with van der Waals surface area (Å²) in [6, 6.07) is 6.97. The SMILES string of the molecule is COCCCCc1ccc(F)c(C(=O)Oc2ccc(C#N)c(F)c2)c1F. The Morgan fingerprint density at radius 1 is 1.12 bits per heavy atom. The minimum absolute atomic E-state index is 0.181. The van der Waals surface area contributed by atoms with Gasteiger partial charge in [-0.25, -0.2) is 18.0 Å². The lowest BCUT2D eigenvalue weighted by molar-refractivity contribution is 0.0724. The Kier molecular flexibility index (Phi) is 6.75. The van der Waals surface area contributed by atoms with Gasteiger partial charge in [0.1, 0.15) is 34.8 Å². The van der Waals surface area contributed by atoms with Gasteiger partial charge >= 0.3 is 5.97 Å². The number of ether oxygens (including phenoxy) is 2. The van der Waals surface area contributed by atoms with Gasteiger partial charge in [0.2, 0.25) is 0 Å². The van der Waals surface area contributed by atoms with Crippen LogP contribution in [-0.2, 0) is 11.2 Å². The number of unbranched alkanes of at least 4 members (excludes halogenated alkanes) is 1. The molecule has 0 aliphatic carbocycles. The summed E-state index contributed by atoms with van der Waals surface area (Å²) in [5.74, 6) is -4.49. The normalized spacial score (nSPS) is 10.4. The molecule has 0 fully saturated rings. The van der Waals surface area contributed by atoms with Gasteiger partial charge in [-0.3, -0.25) is 0 Å². The molecule has 26 heavy (non-hydrogen) atoms. The Morgan fingerprint density at radius 2 is 1.88 bits per heavy atom. The molecule has 0 saturated heterocycles. The van der Waals surface area contributed by atoms with Crippen molar-refractivity contribution in [1.82, 2.24) is 0 Å². The van der Waals surface area contributed by atoms with Crippen molar-refractivity contribution >= 4 is 5.97 Å². The van der Waals surface area contributed by atoms with Crippen LogP contribution in [0, 0.1) is 28.8 Å². The molecule has 0 aliphatic rings. The molecule has 0 atom stereocenters. The Morgan fingerprint density at radius 3 is 2.54 bits per heavy atom. The molecule has 2 rings (SSSR count). The monoisotopic (exact) mass is 363 g/mol. The lowest BCUT2D eigenvalue weighted by atomic mass is 10.0. The fraction of sp³-hybridized carbons (Fsp3) is 0.263. The molecule has 0 radical (unpaired) electrons. The summed E-state index contributed by atoms with van der Waals surface area (Å²) in [7, 11) is 1.55. The third kappa shape index (κ3) is 4.61. The van der Waals surface area contributed by atoms with Crippen LogP contribution in [-0.4, -0.2) is 19.7 Å². The van der Waals surface area contributed by atoms with Crippen LogP contribution >= 0.6 is 0 Å². The zero-order chi connectivity index (χ0) is 19.1. The van der Waals surface area contributed by atoms with Gasteiger partial charge in [0.25, 0.3) is 0 Å². The van der Waals surface area contributed by atoms with Crippen molar-refractivity contribution in [3.8, 4) is 11.8 Å². The van der Waals surface area contributed by atoms with Crippen LogP contribution in [0.3, 0.4) is 0 Å². The number of halogens is 3. The van der Waals surface area contributed by atoms with Gasteiger partial charge in [-0.2, -0.15) is 5.26 Å². The number of rotatable bonds is 7. The fourth-order valence-corrected chi connectivity index (χ4v) is 2.35. The maximum absolute atomic E-state index is 14.5. The van der Waals surface area contributed by atoms with Gasteiger partial charge < -0.3 is 9.47 Å². The number of methoxy groups -OCH3 is 1. The van der Waals surface area contributed by atoms with Gasteiger partial charge in [-0.1, -0.05) is 6.07 Å². The second-order valence-corrected chi connectivity index (χ2v) is 5.49. The first-order valence-electron chi connectivity index (χ1n) is 7.85. The van der Waals surface area contributed by atoms with E-state index in [4.69, 9.17) is 14.7 Å². The number of hydrogen-bond donors (Lipinski definition) is 0. The van der Waals surface area contributed by atoms with Gasteiger partial charge in [0, 0.05) is 19.8 Å². The maximum Gasteiger partial charge on any atom is 0.349 e. The summed E-state index contributed by atoms with van der Waals surface area (Å²) < 4.78 is 51.8. The molecule has 136 valence electrons. The highest BCUT2D eigenvalue weighted by Crippen LogP contribution is 2.22. The Balaban J connectivity index is 2.20. The van der Waals surface area contributed by atoms with Crippen LogP contribution in [0.5, 0.6) is 5.75 Å². The van der Waals surface area contributed by atoms with E-state index in [1.807, 2.05) is 0 Å². The summed E-state index contributed by atoms with van der Waals surface area (Å²) >= 11 is 0. The molecule has 0 saturated carbocycles. The number of carbonyl (C=O) groups excluding carboxylic acids is 1. The first kappa shape index (κ1) is 19.5. The van der Waals surface area contributed by atoms with Crippen molar-refractivity contribution in [2.75, 3.05) is 13.7 Å². The van der Waals surface area contributed by atoms with Gasteiger partial charge in [0.05, 0.1) is 5.56 Å². The Bertz CT molecular complexity index is 847. The fourth-order valence-electron chi connectivity index (χ4n) is 2.35. The molecule has 0 N–H and O–H groups in total. The molecule has 0 spiro atoms.